The van der Waals surface area contributed by atoms with Crippen molar-refractivity contribution in [3.05, 3.63) is 0 Å². The largest absolute Gasteiger partial charge is 0.373 e. The predicted octanol–water partition coefficient (Wildman–Crippen LogP) is 2.26. The van der Waals surface area contributed by atoms with Crippen LogP contribution in [0.2, 0.25) is 0 Å². The molecule has 0 spiro atoms. The lowest BCUT2D eigenvalue weighted by Crippen LogP contribution is -2.51. The van der Waals surface area contributed by atoms with Gasteiger partial charge >= 0.3 is 0 Å². The van der Waals surface area contributed by atoms with Crippen molar-refractivity contribution in [2.75, 3.05) is 51.6 Å². The van der Waals surface area contributed by atoms with E-state index in [1.807, 2.05) is 0 Å². The lowest BCUT2D eigenvalue weighted by molar-refractivity contribution is -0.0432. The zero-order valence-corrected chi connectivity index (χ0v) is 18.4. The average Bonchev–Trinajstić information content (AvgIpc) is 2.98. The zero-order chi connectivity index (χ0) is 16.3. The molecule has 3 heterocycles. The molecule has 2 atom stereocenters. The van der Waals surface area contributed by atoms with Crippen LogP contribution in [0, 0.1) is 0 Å². The van der Waals surface area contributed by atoms with Gasteiger partial charge in [-0.2, -0.15) is 11.8 Å². The van der Waals surface area contributed by atoms with Crippen LogP contribution in [-0.4, -0.2) is 84.3 Å². The molecule has 140 valence electrons. The highest BCUT2D eigenvalue weighted by molar-refractivity contribution is 14.0. The molecule has 0 bridgehead atoms. The van der Waals surface area contributed by atoms with Crippen molar-refractivity contribution in [1.82, 2.24) is 15.1 Å². The SMILES string of the molecule is CCNC(=NCC1CN2CCCC2CO1)N1CCSC(C)(C)C1.I. The molecule has 0 amide bonds. The third-order valence-corrected chi connectivity index (χ3v) is 6.26. The number of fused-ring (bicyclic) bond motifs is 1. The molecule has 5 nitrogen and oxygen atoms in total. The van der Waals surface area contributed by atoms with E-state index in [1.54, 1.807) is 0 Å². The van der Waals surface area contributed by atoms with Crippen molar-refractivity contribution in [3.63, 3.8) is 0 Å². The van der Waals surface area contributed by atoms with E-state index in [-0.39, 0.29) is 30.1 Å². The van der Waals surface area contributed by atoms with Crippen LogP contribution < -0.4 is 5.32 Å². The number of nitrogens with one attached hydrogen (secondary N) is 1. The molecule has 0 aromatic heterocycles. The Hall–Kier alpha value is 0.270. The fourth-order valence-corrected chi connectivity index (χ4v) is 4.92. The second kappa shape index (κ2) is 9.28. The first-order valence-corrected chi connectivity index (χ1v) is 10.1. The number of guanidine groups is 1. The molecule has 2 unspecified atom stereocenters. The minimum absolute atomic E-state index is 0. The minimum atomic E-state index is 0. The maximum Gasteiger partial charge on any atom is 0.194 e. The molecule has 0 aliphatic carbocycles. The standard InChI is InChI=1S/C17H32N4OS.HI/c1-4-18-16(21-8-9-23-17(2,3)13-21)19-10-15-11-20-7-5-6-14(20)12-22-15;/h14-15H,4-13H2,1-3H3,(H,18,19);1H. The first kappa shape index (κ1) is 20.6. The molecule has 3 aliphatic heterocycles. The van der Waals surface area contributed by atoms with E-state index in [0.717, 1.165) is 45.3 Å². The highest BCUT2D eigenvalue weighted by Gasteiger charge is 2.32. The number of ether oxygens (including phenoxy) is 1. The van der Waals surface area contributed by atoms with Gasteiger partial charge in [-0.25, -0.2) is 0 Å². The summed E-state index contributed by atoms with van der Waals surface area (Å²) in [7, 11) is 0. The Kier molecular flexibility index (Phi) is 7.96. The van der Waals surface area contributed by atoms with Gasteiger partial charge in [0.25, 0.3) is 0 Å². The molecule has 3 rings (SSSR count). The number of hydrogen-bond acceptors (Lipinski definition) is 4. The first-order chi connectivity index (χ1) is 11.1. The van der Waals surface area contributed by atoms with Gasteiger partial charge in [0.15, 0.2) is 5.96 Å². The Balaban J connectivity index is 0.00000208. The lowest BCUT2D eigenvalue weighted by Gasteiger charge is -2.39. The zero-order valence-electron chi connectivity index (χ0n) is 15.3. The van der Waals surface area contributed by atoms with Crippen LogP contribution in [0.4, 0.5) is 0 Å². The van der Waals surface area contributed by atoms with Gasteiger partial charge in [0.05, 0.1) is 19.3 Å². The van der Waals surface area contributed by atoms with Gasteiger partial charge in [0.1, 0.15) is 0 Å². The summed E-state index contributed by atoms with van der Waals surface area (Å²) >= 11 is 2.06. The number of halogens is 1. The number of thioether (sulfide) groups is 1. The summed E-state index contributed by atoms with van der Waals surface area (Å²) in [5.74, 6) is 2.24. The third-order valence-electron chi connectivity index (χ3n) is 4.97. The summed E-state index contributed by atoms with van der Waals surface area (Å²) in [6.07, 6.45) is 2.89. The fourth-order valence-electron chi connectivity index (χ4n) is 3.81. The van der Waals surface area contributed by atoms with E-state index >= 15 is 0 Å². The van der Waals surface area contributed by atoms with E-state index in [0.29, 0.717) is 10.8 Å². The van der Waals surface area contributed by atoms with Gasteiger partial charge in [-0.15, -0.1) is 24.0 Å². The highest BCUT2D eigenvalue weighted by atomic mass is 127. The number of nitrogens with zero attached hydrogens (tertiary/aromatic N) is 3. The summed E-state index contributed by atoms with van der Waals surface area (Å²) in [5.41, 5.74) is 0. The summed E-state index contributed by atoms with van der Waals surface area (Å²) in [4.78, 5) is 9.92. The number of rotatable bonds is 3. The molecule has 0 aromatic rings. The van der Waals surface area contributed by atoms with Gasteiger partial charge in [0.2, 0.25) is 0 Å². The molecule has 0 radical (unpaired) electrons. The average molecular weight is 468 g/mol. The van der Waals surface area contributed by atoms with Crippen LogP contribution in [0.1, 0.15) is 33.6 Å². The van der Waals surface area contributed by atoms with Gasteiger partial charge in [-0.05, 0) is 40.2 Å². The van der Waals surface area contributed by atoms with Crippen LogP contribution in [-0.2, 0) is 4.74 Å². The second-order valence-corrected chi connectivity index (χ2v) is 9.27. The Morgan fingerprint density at radius 2 is 2.21 bits per heavy atom. The summed E-state index contributed by atoms with van der Waals surface area (Å²) < 4.78 is 6.35. The molecule has 24 heavy (non-hydrogen) atoms. The number of morpholine rings is 1. The van der Waals surface area contributed by atoms with Gasteiger partial charge in [0, 0.05) is 42.7 Å². The smallest absolute Gasteiger partial charge is 0.194 e. The van der Waals surface area contributed by atoms with Gasteiger partial charge in [-0.3, -0.25) is 9.89 Å². The third kappa shape index (κ3) is 5.38. The Bertz CT molecular complexity index is 435. The van der Waals surface area contributed by atoms with Crippen molar-refractivity contribution < 1.29 is 4.74 Å². The van der Waals surface area contributed by atoms with Crippen LogP contribution >= 0.6 is 35.7 Å². The van der Waals surface area contributed by atoms with Crippen molar-refractivity contribution in [2.24, 2.45) is 4.99 Å². The van der Waals surface area contributed by atoms with E-state index in [1.165, 1.54) is 25.1 Å². The Morgan fingerprint density at radius 3 is 2.96 bits per heavy atom. The van der Waals surface area contributed by atoms with Crippen LogP contribution in [0.15, 0.2) is 4.99 Å². The molecule has 0 saturated carbocycles. The summed E-state index contributed by atoms with van der Waals surface area (Å²) in [6.45, 7) is 13.8. The maximum absolute atomic E-state index is 6.05. The summed E-state index contributed by atoms with van der Waals surface area (Å²) in [6, 6.07) is 0.670. The maximum atomic E-state index is 6.05. The normalized spacial score (nSPS) is 30.6. The molecular formula is C17H33IN4OS. The molecule has 0 aromatic carbocycles. The van der Waals surface area contributed by atoms with Gasteiger partial charge in [-0.1, -0.05) is 0 Å². The monoisotopic (exact) mass is 468 g/mol. The van der Waals surface area contributed by atoms with Gasteiger partial charge < -0.3 is 15.0 Å². The summed E-state index contributed by atoms with van der Waals surface area (Å²) in [5, 5.41) is 3.47. The van der Waals surface area contributed by atoms with Crippen molar-refractivity contribution in [1.29, 1.82) is 0 Å². The molecule has 3 aliphatic rings. The van der Waals surface area contributed by atoms with Crippen molar-refractivity contribution in [3.8, 4) is 0 Å². The van der Waals surface area contributed by atoms with E-state index < -0.39 is 0 Å². The lowest BCUT2D eigenvalue weighted by atomic mass is 10.2. The minimum Gasteiger partial charge on any atom is -0.373 e. The van der Waals surface area contributed by atoms with E-state index in [9.17, 15) is 0 Å². The Labute approximate surface area is 168 Å². The molecule has 3 fully saturated rings. The number of hydrogen-bond donors (Lipinski definition) is 1. The Morgan fingerprint density at radius 1 is 1.38 bits per heavy atom. The topological polar surface area (TPSA) is 40.1 Å². The van der Waals surface area contributed by atoms with E-state index in [4.69, 9.17) is 9.73 Å². The van der Waals surface area contributed by atoms with Crippen molar-refractivity contribution >= 4 is 41.7 Å². The van der Waals surface area contributed by atoms with E-state index in [2.05, 4.69) is 47.6 Å². The molecule has 1 N–H and O–H groups in total. The first-order valence-electron chi connectivity index (χ1n) is 9.10. The highest BCUT2D eigenvalue weighted by Crippen LogP contribution is 2.29. The molecule has 7 heteroatoms. The van der Waals surface area contributed by atoms with Crippen molar-refractivity contribution in [2.45, 2.75) is 50.5 Å². The molecular weight excluding hydrogens is 435 g/mol. The van der Waals surface area contributed by atoms with Crippen LogP contribution in [0.25, 0.3) is 0 Å². The van der Waals surface area contributed by atoms with Crippen LogP contribution in [0.3, 0.4) is 0 Å². The molecule has 3 saturated heterocycles. The fraction of sp³-hybridized carbons (Fsp3) is 0.941. The quantitative estimate of drug-likeness (QED) is 0.391. The predicted molar refractivity (Wildman–Crippen MR) is 114 cm³/mol. The number of aliphatic imine (C=N–C) groups is 1. The second-order valence-electron chi connectivity index (χ2n) is 7.47. The van der Waals surface area contributed by atoms with Crippen LogP contribution in [0.5, 0.6) is 0 Å².